The lowest BCUT2D eigenvalue weighted by Gasteiger charge is -2.17. The van der Waals surface area contributed by atoms with E-state index in [-0.39, 0.29) is 5.41 Å². The van der Waals surface area contributed by atoms with Crippen LogP contribution in [0.4, 0.5) is 11.5 Å². The van der Waals surface area contributed by atoms with E-state index >= 15 is 0 Å². The lowest BCUT2D eigenvalue weighted by atomic mass is 9.96. The van der Waals surface area contributed by atoms with Gasteiger partial charge in [0.15, 0.2) is 0 Å². The highest BCUT2D eigenvalue weighted by Crippen LogP contribution is 2.23. The number of anilines is 2. The van der Waals surface area contributed by atoms with Crippen molar-refractivity contribution in [1.82, 2.24) is 19.7 Å². The highest BCUT2D eigenvalue weighted by Gasteiger charge is 2.18. The Morgan fingerprint density at radius 2 is 2.00 bits per heavy atom. The number of nitrogens with zero attached hydrogens (tertiary/aromatic N) is 4. The fourth-order valence-corrected chi connectivity index (χ4v) is 1.84. The van der Waals surface area contributed by atoms with Crippen molar-refractivity contribution in [2.45, 2.75) is 26.2 Å². The van der Waals surface area contributed by atoms with Crippen molar-refractivity contribution in [2.75, 3.05) is 5.32 Å². The molecule has 0 amide bonds. The van der Waals surface area contributed by atoms with Gasteiger partial charge in [0.05, 0.1) is 11.9 Å². The molecule has 0 aliphatic heterocycles. The van der Waals surface area contributed by atoms with E-state index in [0.29, 0.717) is 0 Å². The summed E-state index contributed by atoms with van der Waals surface area (Å²) in [6.07, 6.45) is 3.65. The van der Waals surface area contributed by atoms with Crippen molar-refractivity contribution in [2.24, 2.45) is 7.05 Å². The molecule has 0 unspecified atom stereocenters. The summed E-state index contributed by atoms with van der Waals surface area (Å²) in [6, 6.07) is 1.85. The first kappa shape index (κ1) is 13.0. The van der Waals surface area contributed by atoms with Crippen LogP contribution in [0.2, 0.25) is 0 Å². The van der Waals surface area contributed by atoms with Gasteiger partial charge in [-0.25, -0.2) is 9.97 Å². The first-order chi connectivity index (χ1) is 8.34. The van der Waals surface area contributed by atoms with E-state index in [1.807, 2.05) is 19.3 Å². The predicted molar refractivity (Wildman–Crippen MR) is 74.9 cm³/mol. The van der Waals surface area contributed by atoms with Crippen LogP contribution >= 0.6 is 15.9 Å². The van der Waals surface area contributed by atoms with Crippen molar-refractivity contribution < 1.29 is 0 Å². The van der Waals surface area contributed by atoms with Gasteiger partial charge in [-0.15, -0.1) is 0 Å². The molecule has 0 bridgehead atoms. The van der Waals surface area contributed by atoms with Crippen LogP contribution in [-0.4, -0.2) is 19.7 Å². The average Bonchev–Trinajstić information content (AvgIpc) is 2.61. The number of aryl methyl sites for hydroxylation is 1. The molecule has 2 aromatic heterocycles. The summed E-state index contributed by atoms with van der Waals surface area (Å²) < 4.78 is 2.51. The summed E-state index contributed by atoms with van der Waals surface area (Å²) in [5.74, 6) is 1.55. The summed E-state index contributed by atoms with van der Waals surface area (Å²) in [6.45, 7) is 6.26. The van der Waals surface area contributed by atoms with E-state index in [0.717, 1.165) is 21.9 Å². The van der Waals surface area contributed by atoms with Crippen molar-refractivity contribution in [3.05, 3.63) is 28.9 Å². The summed E-state index contributed by atoms with van der Waals surface area (Å²) >= 11 is 3.41. The van der Waals surface area contributed by atoms with Crippen LogP contribution < -0.4 is 5.32 Å². The molecule has 2 rings (SSSR count). The molecular formula is C12H16BrN5. The topological polar surface area (TPSA) is 55.6 Å². The maximum Gasteiger partial charge on any atom is 0.137 e. The minimum atomic E-state index is -0.0881. The van der Waals surface area contributed by atoms with Crippen LogP contribution in [0.15, 0.2) is 23.1 Å². The molecule has 0 saturated carbocycles. The minimum absolute atomic E-state index is 0.0881. The maximum absolute atomic E-state index is 4.52. The second kappa shape index (κ2) is 4.68. The predicted octanol–water partition coefficient (Wildman–Crippen LogP) is 3.01. The van der Waals surface area contributed by atoms with Gasteiger partial charge in [-0.1, -0.05) is 20.8 Å². The Morgan fingerprint density at radius 3 is 2.56 bits per heavy atom. The molecule has 0 aliphatic carbocycles. The molecular weight excluding hydrogens is 294 g/mol. The third-order valence-corrected chi connectivity index (χ3v) is 2.75. The quantitative estimate of drug-likeness (QED) is 0.866. The van der Waals surface area contributed by atoms with Gasteiger partial charge in [0, 0.05) is 24.7 Å². The summed E-state index contributed by atoms with van der Waals surface area (Å²) in [5, 5.41) is 7.32. The highest BCUT2D eigenvalue weighted by molar-refractivity contribution is 9.10. The SMILES string of the molecule is Cn1cc(Nc2cc(Br)nc(C(C)(C)C)n2)cn1. The zero-order valence-electron chi connectivity index (χ0n) is 10.9. The molecule has 0 atom stereocenters. The maximum atomic E-state index is 4.52. The molecule has 0 aromatic carbocycles. The third kappa shape index (κ3) is 3.07. The highest BCUT2D eigenvalue weighted by atomic mass is 79.9. The van der Waals surface area contributed by atoms with Gasteiger partial charge in [0.25, 0.3) is 0 Å². The van der Waals surface area contributed by atoms with Gasteiger partial charge in [-0.05, 0) is 15.9 Å². The minimum Gasteiger partial charge on any atom is -0.338 e. The van der Waals surface area contributed by atoms with Gasteiger partial charge >= 0.3 is 0 Å². The Hall–Kier alpha value is -1.43. The number of halogens is 1. The van der Waals surface area contributed by atoms with E-state index in [2.05, 4.69) is 57.1 Å². The van der Waals surface area contributed by atoms with Gasteiger partial charge < -0.3 is 5.32 Å². The van der Waals surface area contributed by atoms with E-state index < -0.39 is 0 Å². The number of aromatic nitrogens is 4. The van der Waals surface area contributed by atoms with Crippen LogP contribution in [0.3, 0.4) is 0 Å². The monoisotopic (exact) mass is 309 g/mol. The summed E-state index contributed by atoms with van der Waals surface area (Å²) in [4.78, 5) is 8.92. The second-order valence-corrected chi connectivity index (χ2v) is 5.99. The molecule has 0 aliphatic rings. The van der Waals surface area contributed by atoms with E-state index in [1.54, 1.807) is 10.9 Å². The summed E-state index contributed by atoms with van der Waals surface area (Å²) in [7, 11) is 1.88. The normalized spacial score (nSPS) is 11.6. The Bertz CT molecular complexity index is 556. The zero-order chi connectivity index (χ0) is 13.3. The van der Waals surface area contributed by atoms with Gasteiger partial charge in [-0.3, -0.25) is 4.68 Å². The van der Waals surface area contributed by atoms with E-state index in [9.17, 15) is 0 Å². The Morgan fingerprint density at radius 1 is 1.28 bits per heavy atom. The number of nitrogens with one attached hydrogen (secondary N) is 1. The largest absolute Gasteiger partial charge is 0.338 e. The third-order valence-electron chi connectivity index (χ3n) is 2.34. The van der Waals surface area contributed by atoms with Gasteiger partial charge in [0.1, 0.15) is 16.2 Å². The lowest BCUT2D eigenvalue weighted by molar-refractivity contribution is 0.544. The van der Waals surface area contributed by atoms with Crippen molar-refractivity contribution in [3.63, 3.8) is 0 Å². The van der Waals surface area contributed by atoms with Crippen molar-refractivity contribution >= 4 is 27.4 Å². The molecule has 1 N–H and O–H groups in total. The fourth-order valence-electron chi connectivity index (χ4n) is 1.45. The van der Waals surface area contributed by atoms with E-state index in [4.69, 9.17) is 0 Å². The molecule has 0 fully saturated rings. The van der Waals surface area contributed by atoms with Crippen LogP contribution in [0.25, 0.3) is 0 Å². The Labute approximate surface area is 115 Å². The average molecular weight is 310 g/mol. The van der Waals surface area contributed by atoms with Crippen LogP contribution in [-0.2, 0) is 12.5 Å². The Balaban J connectivity index is 2.31. The molecule has 0 saturated heterocycles. The molecule has 18 heavy (non-hydrogen) atoms. The van der Waals surface area contributed by atoms with Crippen LogP contribution in [0, 0.1) is 0 Å². The lowest BCUT2D eigenvalue weighted by Crippen LogP contribution is -2.16. The first-order valence-electron chi connectivity index (χ1n) is 5.65. The second-order valence-electron chi connectivity index (χ2n) is 5.18. The van der Waals surface area contributed by atoms with E-state index in [1.165, 1.54) is 0 Å². The smallest absolute Gasteiger partial charge is 0.137 e. The summed E-state index contributed by atoms with van der Waals surface area (Å²) in [5.41, 5.74) is 0.817. The molecule has 0 radical (unpaired) electrons. The number of hydrogen-bond acceptors (Lipinski definition) is 4. The molecule has 96 valence electrons. The Kier molecular flexibility index (Phi) is 3.38. The molecule has 6 heteroatoms. The van der Waals surface area contributed by atoms with Gasteiger partial charge in [0.2, 0.25) is 0 Å². The molecule has 2 aromatic rings. The standard InChI is InChI=1S/C12H16BrN5/c1-12(2,3)11-16-9(13)5-10(17-11)15-8-6-14-18(4)7-8/h5-7H,1-4H3,(H,15,16,17). The first-order valence-corrected chi connectivity index (χ1v) is 6.44. The molecule has 5 nitrogen and oxygen atoms in total. The van der Waals surface area contributed by atoms with Crippen molar-refractivity contribution in [3.8, 4) is 0 Å². The fraction of sp³-hybridized carbons (Fsp3) is 0.417. The zero-order valence-corrected chi connectivity index (χ0v) is 12.5. The molecule has 0 spiro atoms. The number of rotatable bonds is 2. The van der Waals surface area contributed by atoms with Crippen LogP contribution in [0.5, 0.6) is 0 Å². The number of hydrogen-bond donors (Lipinski definition) is 1. The van der Waals surface area contributed by atoms with Crippen molar-refractivity contribution in [1.29, 1.82) is 0 Å². The molecule has 2 heterocycles. The van der Waals surface area contributed by atoms with Gasteiger partial charge in [-0.2, -0.15) is 5.10 Å². The van der Waals surface area contributed by atoms with Crippen LogP contribution in [0.1, 0.15) is 26.6 Å².